The Morgan fingerprint density at radius 3 is 2.11 bits per heavy atom. The fourth-order valence-electron chi connectivity index (χ4n) is 10.3. The summed E-state index contributed by atoms with van der Waals surface area (Å²) in [7, 11) is 0. The van der Waals surface area contributed by atoms with Crippen molar-refractivity contribution in [2.24, 2.45) is 22.7 Å². The van der Waals surface area contributed by atoms with Gasteiger partial charge in [-0.25, -0.2) is 19.9 Å². The van der Waals surface area contributed by atoms with Crippen LogP contribution in [0.5, 0.6) is 0 Å². The molecule has 4 N–H and O–H groups in total. The van der Waals surface area contributed by atoms with E-state index in [1.54, 1.807) is 90.1 Å². The van der Waals surface area contributed by atoms with E-state index in [0.717, 1.165) is 6.92 Å². The number of esters is 4. The quantitative estimate of drug-likeness (QED) is 0.115. The second-order valence-corrected chi connectivity index (χ2v) is 18.4. The maximum Gasteiger partial charge on any atom is 0.339 e. The molecule has 5 aliphatic rings. The van der Waals surface area contributed by atoms with Crippen LogP contribution in [0.2, 0.25) is 0 Å². The van der Waals surface area contributed by atoms with Crippen LogP contribution in [0.4, 0.5) is 4.79 Å². The number of benzene rings is 2. The molecule has 3 saturated carbocycles. The number of ether oxygens (including phenoxy) is 5. The van der Waals surface area contributed by atoms with Gasteiger partial charge in [0.05, 0.1) is 29.7 Å². The zero-order valence-electron chi connectivity index (χ0n) is 35.5. The minimum absolute atomic E-state index is 0.123. The molecule has 2 bridgehead atoms. The highest BCUT2D eigenvalue weighted by Crippen LogP contribution is 2.74. The molecule has 16 heteroatoms. The highest BCUT2D eigenvalue weighted by Gasteiger charge is 2.84. The first kappa shape index (κ1) is 43.9. The third kappa shape index (κ3) is 7.50. The molecule has 7 rings (SSSR count). The minimum Gasteiger partial charge on any atom is -0.456 e. The van der Waals surface area contributed by atoms with Gasteiger partial charge in [0, 0.05) is 31.1 Å². The topological polar surface area (TPSA) is 222 Å². The van der Waals surface area contributed by atoms with Gasteiger partial charge in [0.1, 0.15) is 23.9 Å². The molecule has 2 amide bonds. The van der Waals surface area contributed by atoms with Crippen molar-refractivity contribution in [2.75, 3.05) is 6.61 Å². The highest BCUT2D eigenvalue weighted by atomic mass is 16.7. The molecule has 0 radical (unpaired) electrons. The minimum atomic E-state index is -2.25. The molecule has 0 aromatic heterocycles. The molecule has 2 aromatic rings. The van der Waals surface area contributed by atoms with E-state index >= 15 is 4.79 Å². The number of aliphatic hydroxyl groups excluding tert-OH is 1. The smallest absolute Gasteiger partial charge is 0.339 e. The number of Topliss-reactive ketones (excluding diaryl/α,β-unsaturated/α-hetero) is 1. The van der Waals surface area contributed by atoms with E-state index in [-0.39, 0.29) is 35.7 Å². The number of fused-ring (bicyclic) bond motifs is 4. The molecule has 11 atom stereocenters. The predicted octanol–water partition coefficient (Wildman–Crippen LogP) is 3.97. The van der Waals surface area contributed by atoms with E-state index in [1.807, 2.05) is 0 Å². The molecular weight excluding hydrogens is 792 g/mol. The number of carbonyl (C=O) groups is 6. The molecule has 16 nitrogen and oxygen atoms in total. The van der Waals surface area contributed by atoms with Gasteiger partial charge in [0.25, 0.3) is 0 Å². The number of amides is 2. The summed E-state index contributed by atoms with van der Waals surface area (Å²) in [5.74, 6) is -5.68. The number of aliphatic hydroxyl groups is 2. The first-order valence-corrected chi connectivity index (χ1v) is 20.5. The lowest BCUT2D eigenvalue weighted by atomic mass is 9.48. The van der Waals surface area contributed by atoms with Crippen molar-refractivity contribution >= 4 is 35.7 Å². The summed E-state index contributed by atoms with van der Waals surface area (Å²) < 4.78 is 30.6. The average Bonchev–Trinajstić information content (AvgIpc) is 3.92. The number of hydrogen-bond donors (Lipinski definition) is 4. The van der Waals surface area contributed by atoms with Gasteiger partial charge in [-0.05, 0) is 75.3 Å². The van der Waals surface area contributed by atoms with Crippen LogP contribution in [-0.2, 0) is 47.7 Å². The van der Waals surface area contributed by atoms with Crippen LogP contribution in [0.15, 0.2) is 71.8 Å². The van der Waals surface area contributed by atoms with E-state index in [4.69, 9.17) is 28.5 Å². The van der Waals surface area contributed by atoms with Crippen molar-refractivity contribution in [2.45, 2.75) is 128 Å². The number of hydrogen-bond acceptors (Lipinski definition) is 14. The van der Waals surface area contributed by atoms with E-state index in [1.165, 1.54) is 19.1 Å². The molecule has 1 heterocycles. The lowest BCUT2D eigenvalue weighted by molar-refractivity contribution is -0.323. The maximum absolute atomic E-state index is 15.5. The summed E-state index contributed by atoms with van der Waals surface area (Å²) in [6.45, 7) is 12.2. The molecule has 5 unspecified atom stereocenters. The Balaban J connectivity index is 1.35. The van der Waals surface area contributed by atoms with Crippen LogP contribution >= 0.6 is 0 Å². The second kappa shape index (κ2) is 15.6. The van der Waals surface area contributed by atoms with Crippen molar-refractivity contribution in [3.05, 3.63) is 82.9 Å². The van der Waals surface area contributed by atoms with Gasteiger partial charge in [-0.3, -0.25) is 19.2 Å². The summed E-state index contributed by atoms with van der Waals surface area (Å²) >= 11 is 0. The largest absolute Gasteiger partial charge is 0.456 e. The fourth-order valence-corrected chi connectivity index (χ4v) is 10.3. The monoisotopic (exact) mass is 846 g/mol. The maximum atomic E-state index is 15.5. The van der Waals surface area contributed by atoms with Gasteiger partial charge in [0.15, 0.2) is 23.6 Å². The number of rotatable bonds is 10. The van der Waals surface area contributed by atoms with Gasteiger partial charge in [-0.15, -0.1) is 0 Å². The fraction of sp³-hybridized carbons (Fsp3) is 0.556. The molecule has 4 aliphatic carbocycles. The first-order valence-electron chi connectivity index (χ1n) is 20.5. The molecule has 1 aliphatic heterocycles. The lowest BCUT2D eigenvalue weighted by Crippen LogP contribution is -2.78. The van der Waals surface area contributed by atoms with Crippen molar-refractivity contribution < 1.29 is 67.5 Å². The van der Waals surface area contributed by atoms with Gasteiger partial charge >= 0.3 is 29.9 Å². The summed E-state index contributed by atoms with van der Waals surface area (Å²) in [6, 6.07) is 14.0. The van der Waals surface area contributed by atoms with Crippen LogP contribution in [0.1, 0.15) is 96.6 Å². The number of hydroxylamine groups is 1. The zero-order valence-corrected chi connectivity index (χ0v) is 35.5. The Morgan fingerprint density at radius 2 is 1.54 bits per heavy atom. The van der Waals surface area contributed by atoms with Crippen LogP contribution < -0.4 is 10.8 Å². The van der Waals surface area contributed by atoms with E-state index in [2.05, 4.69) is 10.8 Å². The average molecular weight is 847 g/mol. The van der Waals surface area contributed by atoms with Crippen LogP contribution in [0.3, 0.4) is 0 Å². The van der Waals surface area contributed by atoms with Gasteiger partial charge < -0.3 is 39.2 Å². The van der Waals surface area contributed by atoms with E-state index < -0.39 is 112 Å². The van der Waals surface area contributed by atoms with Crippen LogP contribution in [0, 0.1) is 22.7 Å². The van der Waals surface area contributed by atoms with Crippen molar-refractivity contribution in [3.8, 4) is 0 Å². The molecule has 328 valence electrons. The molecule has 2 aromatic carbocycles. The Bertz CT molecular complexity index is 2130. The molecule has 61 heavy (non-hydrogen) atoms. The molecule has 1 saturated heterocycles. The first-order chi connectivity index (χ1) is 28.6. The van der Waals surface area contributed by atoms with Gasteiger partial charge in [-0.2, -0.15) is 0 Å². The Morgan fingerprint density at radius 1 is 0.902 bits per heavy atom. The number of ketones is 1. The third-order valence-corrected chi connectivity index (χ3v) is 13.3. The number of nitrogens with one attached hydrogen (secondary N) is 2. The van der Waals surface area contributed by atoms with Gasteiger partial charge in [-0.1, -0.05) is 62.4 Å². The summed E-state index contributed by atoms with van der Waals surface area (Å²) in [4.78, 5) is 88.3. The highest BCUT2D eigenvalue weighted by molar-refractivity contribution is 5.97. The Hall–Kier alpha value is -5.16. The van der Waals surface area contributed by atoms with E-state index in [0.29, 0.717) is 12.0 Å². The Kier molecular flexibility index (Phi) is 11.3. The van der Waals surface area contributed by atoms with Crippen LogP contribution in [0.25, 0.3) is 0 Å². The second-order valence-electron chi connectivity index (χ2n) is 18.4. The summed E-state index contributed by atoms with van der Waals surface area (Å²) in [5.41, 5.74) is -4.43. The zero-order chi connectivity index (χ0) is 44.4. The summed E-state index contributed by atoms with van der Waals surface area (Å²) in [5, 5.41) is 27.9. The Labute approximate surface area is 353 Å². The molecule has 1 spiro atoms. The van der Waals surface area contributed by atoms with E-state index in [9.17, 15) is 34.2 Å². The standard InChI is InChI=1S/C45H54N2O14/c1-23-29(58-39(53)33(50)32(26-15-11-9-12-16-26)46-40(54)47-61-41(4,5)6)21-45(55)37(59-38(52)27-17-13-10-14-18-27)35-43(36(51)34(57-24(2)48)31(23)42(45,7)8)20-28(43)19-30-44(35,22-56-30)60-25(3)49/h9-18,28-30,32-35,37,50,55H,19-22H2,1-8H3,(H2,46,47,54)/t28?,29?,30-,32+,33-,34-,35?,37?,43?,44+,45-/m1/s1. The number of urea groups is 1. The van der Waals surface area contributed by atoms with Crippen molar-refractivity contribution in [3.63, 3.8) is 0 Å². The number of carbonyl (C=O) groups excluding carboxylic acids is 6. The van der Waals surface area contributed by atoms with Crippen LogP contribution in [-0.4, -0.2) is 99.8 Å². The normalized spacial score (nSPS) is 33.0. The molecule has 4 fully saturated rings. The third-order valence-electron chi connectivity index (χ3n) is 13.3. The van der Waals surface area contributed by atoms with Gasteiger partial charge in [0.2, 0.25) is 0 Å². The lowest BCUT2D eigenvalue weighted by Gasteiger charge is -2.64. The predicted molar refractivity (Wildman–Crippen MR) is 213 cm³/mol. The SMILES string of the molecule is CC(=O)O[C@H]1C(=O)C23CC2C[C@H]2OC[C@@]2(OC(C)=O)C3C(OC(=O)c2ccccc2)[C@]2(O)CC(OC(=O)[C@H](O)[C@@H](NC(=O)NOC(C)(C)C)c3ccccc3)C(C)=C1C2(C)C. The summed E-state index contributed by atoms with van der Waals surface area (Å²) in [6.07, 6.45) is -7.31. The van der Waals surface area contributed by atoms with Crippen molar-refractivity contribution in [1.29, 1.82) is 0 Å². The van der Waals surface area contributed by atoms with Crippen molar-refractivity contribution in [1.82, 2.24) is 10.8 Å². The molecular formula is C45H54N2O14.